The number of piperidine rings is 2. The van der Waals surface area contributed by atoms with Crippen molar-refractivity contribution in [1.82, 2.24) is 9.88 Å². The van der Waals surface area contributed by atoms with E-state index in [2.05, 4.69) is 4.98 Å². The van der Waals surface area contributed by atoms with Gasteiger partial charge in [0, 0.05) is 32.2 Å². The number of hydrogen-bond acceptors (Lipinski definition) is 5. The van der Waals surface area contributed by atoms with E-state index < -0.39 is 17.3 Å². The molecule has 0 spiro atoms. The number of hydrogen-bond donors (Lipinski definition) is 1. The molecule has 2 saturated heterocycles. The van der Waals surface area contributed by atoms with Crippen LogP contribution in [0.1, 0.15) is 76.2 Å². The second-order valence-electron chi connectivity index (χ2n) is 10.2. The minimum atomic E-state index is -0.625. The average Bonchev–Trinajstić information content (AvgIpc) is 2.73. The van der Waals surface area contributed by atoms with Gasteiger partial charge in [-0.25, -0.2) is 14.2 Å². The lowest BCUT2D eigenvalue weighted by atomic mass is 9.87. The number of rotatable bonds is 6. The van der Waals surface area contributed by atoms with Gasteiger partial charge in [-0.2, -0.15) is 0 Å². The van der Waals surface area contributed by atoms with Gasteiger partial charge in [-0.3, -0.25) is 4.79 Å². The maximum absolute atomic E-state index is 13.7. The molecule has 0 radical (unpaired) electrons. The number of amides is 2. The first kappa shape index (κ1) is 24.3. The molecule has 0 unspecified atom stereocenters. The summed E-state index contributed by atoms with van der Waals surface area (Å²) < 4.78 is 19.1. The smallest absolute Gasteiger partial charge is 0.410 e. The maximum atomic E-state index is 13.7. The summed E-state index contributed by atoms with van der Waals surface area (Å²) in [7, 11) is 0. The molecule has 32 heavy (non-hydrogen) atoms. The highest BCUT2D eigenvalue weighted by molar-refractivity contribution is 5.96. The lowest BCUT2D eigenvalue weighted by Gasteiger charge is -2.35. The van der Waals surface area contributed by atoms with Crippen molar-refractivity contribution in [3.05, 3.63) is 23.8 Å². The number of carbonyl (C=O) groups excluding carboxylic acids is 2. The van der Waals surface area contributed by atoms with Gasteiger partial charge in [0.25, 0.3) is 5.91 Å². The predicted octanol–water partition coefficient (Wildman–Crippen LogP) is 4.35. The van der Waals surface area contributed by atoms with E-state index in [-0.39, 0.29) is 11.8 Å². The molecule has 0 bridgehead atoms. The molecule has 0 saturated carbocycles. The average molecular weight is 449 g/mol. The van der Waals surface area contributed by atoms with Crippen molar-refractivity contribution < 1.29 is 18.7 Å². The van der Waals surface area contributed by atoms with E-state index in [1.54, 1.807) is 0 Å². The van der Waals surface area contributed by atoms with Gasteiger partial charge in [0.2, 0.25) is 0 Å². The zero-order valence-corrected chi connectivity index (χ0v) is 19.6. The Hall–Kier alpha value is -2.38. The number of primary amides is 1. The quantitative estimate of drug-likeness (QED) is 0.699. The second-order valence-corrected chi connectivity index (χ2v) is 10.2. The van der Waals surface area contributed by atoms with Crippen LogP contribution in [0, 0.1) is 17.7 Å². The summed E-state index contributed by atoms with van der Waals surface area (Å²) in [5, 5.41) is 0. The number of anilines is 1. The monoisotopic (exact) mass is 448 g/mol. The van der Waals surface area contributed by atoms with Crippen LogP contribution in [0.15, 0.2) is 12.3 Å². The largest absolute Gasteiger partial charge is 0.444 e. The molecule has 1 aromatic heterocycles. The highest BCUT2D eigenvalue weighted by Crippen LogP contribution is 2.30. The Balaban J connectivity index is 1.37. The fourth-order valence-corrected chi connectivity index (χ4v) is 4.75. The Bertz CT molecular complexity index is 795. The Morgan fingerprint density at radius 3 is 2.19 bits per heavy atom. The molecule has 2 aliphatic heterocycles. The third-order valence-corrected chi connectivity index (χ3v) is 6.51. The van der Waals surface area contributed by atoms with Gasteiger partial charge >= 0.3 is 6.09 Å². The molecule has 2 amide bonds. The number of halogens is 1. The van der Waals surface area contributed by atoms with Gasteiger partial charge in [0.15, 0.2) is 5.69 Å². The zero-order chi connectivity index (χ0) is 23.3. The normalized spacial score (nSPS) is 18.6. The molecular weight excluding hydrogens is 411 g/mol. The van der Waals surface area contributed by atoms with Crippen LogP contribution in [-0.4, -0.2) is 53.7 Å². The molecule has 0 atom stereocenters. The third-order valence-electron chi connectivity index (χ3n) is 6.51. The summed E-state index contributed by atoms with van der Waals surface area (Å²) in [5.74, 6) is 0.238. The SMILES string of the molecule is CC(C)(C)OC(=O)N1CCC(CCCC2CCN(c3cc(F)cnc3C(N)=O)CC2)CC1. The van der Waals surface area contributed by atoms with Gasteiger partial charge in [0.05, 0.1) is 11.9 Å². The lowest BCUT2D eigenvalue weighted by molar-refractivity contribution is 0.0180. The molecule has 8 heteroatoms. The van der Waals surface area contributed by atoms with Crippen molar-refractivity contribution in [3.8, 4) is 0 Å². The summed E-state index contributed by atoms with van der Waals surface area (Å²) in [4.78, 5) is 31.6. The van der Waals surface area contributed by atoms with Crippen LogP contribution in [0.4, 0.5) is 14.9 Å². The van der Waals surface area contributed by atoms with E-state index in [1.807, 2.05) is 30.6 Å². The topological polar surface area (TPSA) is 88.8 Å². The van der Waals surface area contributed by atoms with E-state index in [4.69, 9.17) is 10.5 Å². The van der Waals surface area contributed by atoms with Crippen LogP contribution in [0.25, 0.3) is 0 Å². The fraction of sp³-hybridized carbons (Fsp3) is 0.708. The number of nitrogens with two attached hydrogens (primary N) is 1. The molecule has 3 rings (SSSR count). The Morgan fingerprint density at radius 1 is 1.09 bits per heavy atom. The van der Waals surface area contributed by atoms with Crippen molar-refractivity contribution >= 4 is 17.7 Å². The van der Waals surface area contributed by atoms with E-state index in [0.29, 0.717) is 17.5 Å². The highest BCUT2D eigenvalue weighted by atomic mass is 19.1. The standard InChI is InChI=1S/C24H37FN4O3/c1-24(2,3)32-23(31)29-13-9-18(10-14-29)6-4-5-17-7-11-28(12-8-17)20-15-19(25)16-27-21(20)22(26)30/h15-18H,4-14H2,1-3H3,(H2,26,30). The number of ether oxygens (including phenoxy) is 1. The molecule has 0 aliphatic carbocycles. The van der Waals surface area contributed by atoms with Crippen molar-refractivity contribution in [1.29, 1.82) is 0 Å². The summed E-state index contributed by atoms with van der Waals surface area (Å²) in [6, 6.07) is 1.36. The molecule has 1 aromatic rings. The van der Waals surface area contributed by atoms with Crippen LogP contribution in [0.5, 0.6) is 0 Å². The van der Waals surface area contributed by atoms with Crippen LogP contribution in [0.2, 0.25) is 0 Å². The van der Waals surface area contributed by atoms with Crippen LogP contribution in [-0.2, 0) is 4.74 Å². The summed E-state index contributed by atoms with van der Waals surface area (Å²) in [5.41, 5.74) is 5.61. The Kier molecular flexibility index (Phi) is 7.96. The molecule has 2 fully saturated rings. The van der Waals surface area contributed by atoms with Gasteiger partial charge < -0.3 is 20.3 Å². The van der Waals surface area contributed by atoms with Crippen molar-refractivity contribution in [2.24, 2.45) is 17.6 Å². The first-order chi connectivity index (χ1) is 15.1. The molecule has 0 aromatic carbocycles. The molecule has 2 N–H and O–H groups in total. The fourth-order valence-electron chi connectivity index (χ4n) is 4.75. The first-order valence-corrected chi connectivity index (χ1v) is 11.8. The third kappa shape index (κ3) is 6.81. The van der Waals surface area contributed by atoms with Gasteiger partial charge in [-0.15, -0.1) is 0 Å². The maximum Gasteiger partial charge on any atom is 0.410 e. The summed E-state index contributed by atoms with van der Waals surface area (Å²) >= 11 is 0. The minimum absolute atomic E-state index is 0.141. The Labute approximate surface area is 190 Å². The highest BCUT2D eigenvalue weighted by Gasteiger charge is 2.27. The number of aromatic nitrogens is 1. The zero-order valence-electron chi connectivity index (χ0n) is 19.6. The molecule has 7 nitrogen and oxygen atoms in total. The number of likely N-dealkylation sites (tertiary alicyclic amines) is 1. The second kappa shape index (κ2) is 10.5. The van der Waals surface area contributed by atoms with E-state index in [0.717, 1.165) is 58.1 Å². The number of pyridine rings is 1. The predicted molar refractivity (Wildman–Crippen MR) is 122 cm³/mol. The number of carbonyl (C=O) groups is 2. The van der Waals surface area contributed by atoms with Crippen molar-refractivity contribution in [2.75, 3.05) is 31.1 Å². The van der Waals surface area contributed by atoms with Crippen LogP contribution < -0.4 is 10.6 Å². The van der Waals surface area contributed by atoms with E-state index >= 15 is 0 Å². The van der Waals surface area contributed by atoms with Gasteiger partial charge in [-0.05, 0) is 58.3 Å². The van der Waals surface area contributed by atoms with Crippen LogP contribution >= 0.6 is 0 Å². The van der Waals surface area contributed by atoms with Gasteiger partial charge in [0.1, 0.15) is 11.4 Å². The number of nitrogens with zero attached hydrogens (tertiary/aromatic N) is 3. The summed E-state index contributed by atoms with van der Waals surface area (Å²) in [6.07, 6.45) is 8.53. The Morgan fingerprint density at radius 2 is 1.66 bits per heavy atom. The van der Waals surface area contributed by atoms with Crippen molar-refractivity contribution in [2.45, 2.75) is 71.3 Å². The molecule has 2 aliphatic rings. The van der Waals surface area contributed by atoms with Gasteiger partial charge in [-0.1, -0.05) is 19.3 Å². The minimum Gasteiger partial charge on any atom is -0.444 e. The van der Waals surface area contributed by atoms with Crippen LogP contribution in [0.3, 0.4) is 0 Å². The summed E-state index contributed by atoms with van der Waals surface area (Å²) in [6.45, 7) is 8.81. The van der Waals surface area contributed by atoms with E-state index in [1.165, 1.54) is 25.3 Å². The lowest BCUT2D eigenvalue weighted by Crippen LogP contribution is -2.41. The molecule has 3 heterocycles. The first-order valence-electron chi connectivity index (χ1n) is 11.8. The molecule has 178 valence electrons. The van der Waals surface area contributed by atoms with E-state index in [9.17, 15) is 14.0 Å². The molecular formula is C24H37FN4O3. The van der Waals surface area contributed by atoms with Crippen molar-refractivity contribution in [3.63, 3.8) is 0 Å².